The van der Waals surface area contributed by atoms with Crippen LogP contribution < -0.4 is 19.5 Å². The van der Waals surface area contributed by atoms with Crippen LogP contribution in [-0.2, 0) is 4.74 Å². The van der Waals surface area contributed by atoms with Crippen molar-refractivity contribution in [3.8, 4) is 17.2 Å². The summed E-state index contributed by atoms with van der Waals surface area (Å²) in [6.45, 7) is 2.75. The number of amides is 1. The van der Waals surface area contributed by atoms with Crippen molar-refractivity contribution in [1.82, 2.24) is 0 Å². The second kappa shape index (κ2) is 7.77. The number of carbonyl (C=O) groups excluding carboxylic acids is 2. The lowest BCUT2D eigenvalue weighted by atomic mass is 10.1. The molecule has 1 heterocycles. The topological polar surface area (TPSA) is 83.1 Å². The van der Waals surface area contributed by atoms with Gasteiger partial charge < -0.3 is 24.3 Å². The van der Waals surface area contributed by atoms with Crippen LogP contribution in [-0.4, -0.2) is 38.8 Å². The van der Waals surface area contributed by atoms with Gasteiger partial charge in [0.15, 0.2) is 11.5 Å². The molecular formula is C19H19NO6. The lowest BCUT2D eigenvalue weighted by molar-refractivity contribution is 0.0526. The summed E-state index contributed by atoms with van der Waals surface area (Å²) in [6, 6.07) is 9.80. The number of anilines is 1. The van der Waals surface area contributed by atoms with E-state index in [0.717, 1.165) is 0 Å². The molecule has 3 rings (SSSR count). The zero-order valence-electron chi connectivity index (χ0n) is 14.5. The predicted molar refractivity (Wildman–Crippen MR) is 94.3 cm³/mol. The van der Waals surface area contributed by atoms with E-state index in [1.54, 1.807) is 43.3 Å². The third-order valence-corrected chi connectivity index (χ3v) is 3.75. The van der Waals surface area contributed by atoms with E-state index in [4.69, 9.17) is 18.9 Å². The Bertz CT molecular complexity index is 833. The Kier molecular flexibility index (Phi) is 5.26. The number of hydrogen-bond donors (Lipinski definition) is 1. The predicted octanol–water partition coefficient (Wildman–Crippen LogP) is 2.90. The number of fused-ring (bicyclic) bond motifs is 1. The second-order valence-corrected chi connectivity index (χ2v) is 5.43. The average Bonchev–Trinajstić information content (AvgIpc) is 2.67. The van der Waals surface area contributed by atoms with Gasteiger partial charge >= 0.3 is 5.97 Å². The molecule has 0 radical (unpaired) electrons. The molecule has 1 aliphatic rings. The van der Waals surface area contributed by atoms with E-state index in [2.05, 4.69) is 5.32 Å². The zero-order valence-corrected chi connectivity index (χ0v) is 14.5. The van der Waals surface area contributed by atoms with Gasteiger partial charge in [0.1, 0.15) is 13.2 Å². The van der Waals surface area contributed by atoms with Crippen molar-refractivity contribution in [2.45, 2.75) is 6.92 Å². The highest BCUT2D eigenvalue weighted by molar-refractivity contribution is 6.07. The third kappa shape index (κ3) is 3.56. The summed E-state index contributed by atoms with van der Waals surface area (Å²) in [5.74, 6) is 0.430. The number of hydrogen-bond acceptors (Lipinski definition) is 6. The Morgan fingerprint density at radius 2 is 1.88 bits per heavy atom. The molecule has 1 aliphatic heterocycles. The molecular weight excluding hydrogens is 338 g/mol. The molecule has 26 heavy (non-hydrogen) atoms. The molecule has 0 spiro atoms. The Morgan fingerprint density at radius 1 is 1.12 bits per heavy atom. The first kappa shape index (κ1) is 17.6. The summed E-state index contributed by atoms with van der Waals surface area (Å²) in [5, 5.41) is 2.76. The van der Waals surface area contributed by atoms with Crippen LogP contribution in [0, 0.1) is 0 Å². The normalized spacial score (nSPS) is 12.2. The molecule has 0 unspecified atom stereocenters. The second-order valence-electron chi connectivity index (χ2n) is 5.43. The van der Waals surface area contributed by atoms with Crippen molar-refractivity contribution in [3.05, 3.63) is 47.5 Å². The third-order valence-electron chi connectivity index (χ3n) is 3.75. The Balaban J connectivity index is 1.85. The summed E-state index contributed by atoms with van der Waals surface area (Å²) in [4.78, 5) is 24.5. The quantitative estimate of drug-likeness (QED) is 0.829. The van der Waals surface area contributed by atoms with Crippen molar-refractivity contribution in [2.75, 3.05) is 32.2 Å². The largest absolute Gasteiger partial charge is 0.493 e. The van der Waals surface area contributed by atoms with Crippen LogP contribution in [0.5, 0.6) is 17.2 Å². The number of ether oxygens (including phenoxy) is 4. The van der Waals surface area contributed by atoms with Crippen LogP contribution in [0.1, 0.15) is 27.6 Å². The standard InChI is InChI=1S/C19H19NO6/c1-3-24-19(22)12-5-4-6-13(11-12)20-18(21)14-7-8-15(23-2)17-16(14)25-9-10-26-17/h4-8,11H,3,9-10H2,1-2H3,(H,20,21). The van der Waals surface area contributed by atoms with Gasteiger partial charge in [-0.1, -0.05) is 6.07 Å². The van der Waals surface area contributed by atoms with Crippen molar-refractivity contribution < 1.29 is 28.5 Å². The van der Waals surface area contributed by atoms with Crippen LogP contribution in [0.15, 0.2) is 36.4 Å². The summed E-state index contributed by atoms with van der Waals surface area (Å²) in [5.41, 5.74) is 1.16. The first-order valence-electron chi connectivity index (χ1n) is 8.19. The highest BCUT2D eigenvalue weighted by atomic mass is 16.6. The maximum Gasteiger partial charge on any atom is 0.338 e. The van der Waals surface area contributed by atoms with Gasteiger partial charge in [0, 0.05) is 5.69 Å². The first-order chi connectivity index (χ1) is 12.6. The minimum Gasteiger partial charge on any atom is -0.493 e. The fraction of sp³-hybridized carbons (Fsp3) is 0.263. The monoisotopic (exact) mass is 357 g/mol. The van der Waals surface area contributed by atoms with Gasteiger partial charge in [-0.15, -0.1) is 0 Å². The van der Waals surface area contributed by atoms with Crippen molar-refractivity contribution in [1.29, 1.82) is 0 Å². The summed E-state index contributed by atoms with van der Waals surface area (Å²) in [6.07, 6.45) is 0. The SMILES string of the molecule is CCOC(=O)c1cccc(NC(=O)c2ccc(OC)c3c2OCCO3)c1. The molecule has 2 aromatic rings. The van der Waals surface area contributed by atoms with Gasteiger partial charge in [0.05, 0.1) is 24.8 Å². The van der Waals surface area contributed by atoms with Crippen LogP contribution in [0.3, 0.4) is 0 Å². The highest BCUT2D eigenvalue weighted by Gasteiger charge is 2.24. The lowest BCUT2D eigenvalue weighted by Gasteiger charge is -2.22. The molecule has 0 saturated carbocycles. The van der Waals surface area contributed by atoms with Crippen LogP contribution >= 0.6 is 0 Å². The molecule has 0 fully saturated rings. The molecule has 0 saturated heterocycles. The van der Waals surface area contributed by atoms with Gasteiger partial charge in [-0.3, -0.25) is 4.79 Å². The van der Waals surface area contributed by atoms with Crippen molar-refractivity contribution >= 4 is 17.6 Å². The minimum absolute atomic E-state index is 0.282. The molecule has 7 nitrogen and oxygen atoms in total. The fourth-order valence-electron chi connectivity index (χ4n) is 2.59. The summed E-state index contributed by atoms with van der Waals surface area (Å²) < 4.78 is 21.4. The van der Waals surface area contributed by atoms with Crippen LogP contribution in [0.25, 0.3) is 0 Å². The fourth-order valence-corrected chi connectivity index (χ4v) is 2.59. The number of carbonyl (C=O) groups is 2. The van der Waals surface area contributed by atoms with Gasteiger partial charge in [-0.25, -0.2) is 4.79 Å². The molecule has 1 N–H and O–H groups in total. The van der Waals surface area contributed by atoms with E-state index in [1.807, 2.05) is 0 Å². The lowest BCUT2D eigenvalue weighted by Crippen LogP contribution is -2.20. The van der Waals surface area contributed by atoms with E-state index in [0.29, 0.717) is 47.3 Å². The molecule has 7 heteroatoms. The zero-order chi connectivity index (χ0) is 18.5. The average molecular weight is 357 g/mol. The van der Waals surface area contributed by atoms with Gasteiger partial charge in [-0.2, -0.15) is 0 Å². The van der Waals surface area contributed by atoms with Crippen LogP contribution in [0.2, 0.25) is 0 Å². The number of rotatable bonds is 5. The first-order valence-corrected chi connectivity index (χ1v) is 8.19. The van der Waals surface area contributed by atoms with E-state index < -0.39 is 5.97 Å². The number of benzene rings is 2. The Morgan fingerprint density at radius 3 is 2.62 bits per heavy atom. The molecule has 1 amide bonds. The minimum atomic E-state index is -0.442. The van der Waals surface area contributed by atoms with E-state index in [9.17, 15) is 9.59 Å². The van der Waals surface area contributed by atoms with Gasteiger partial charge in [0.25, 0.3) is 5.91 Å². The Labute approximate surface area is 150 Å². The highest BCUT2D eigenvalue weighted by Crippen LogP contribution is 2.42. The molecule has 0 atom stereocenters. The maximum atomic E-state index is 12.7. The van der Waals surface area contributed by atoms with Gasteiger partial charge in [0.2, 0.25) is 5.75 Å². The molecule has 136 valence electrons. The smallest absolute Gasteiger partial charge is 0.338 e. The van der Waals surface area contributed by atoms with E-state index in [1.165, 1.54) is 7.11 Å². The van der Waals surface area contributed by atoms with E-state index >= 15 is 0 Å². The van der Waals surface area contributed by atoms with Crippen molar-refractivity contribution in [3.63, 3.8) is 0 Å². The summed E-state index contributed by atoms with van der Waals surface area (Å²) in [7, 11) is 1.52. The molecule has 0 aliphatic carbocycles. The Hall–Kier alpha value is -3.22. The molecule has 0 bridgehead atoms. The number of methoxy groups -OCH3 is 1. The maximum absolute atomic E-state index is 12.7. The molecule has 0 aromatic heterocycles. The number of nitrogens with one attached hydrogen (secondary N) is 1. The number of esters is 1. The molecule has 2 aromatic carbocycles. The van der Waals surface area contributed by atoms with Crippen LogP contribution in [0.4, 0.5) is 5.69 Å². The van der Waals surface area contributed by atoms with Gasteiger partial charge in [-0.05, 0) is 37.3 Å². The van der Waals surface area contributed by atoms with E-state index in [-0.39, 0.29) is 12.5 Å². The van der Waals surface area contributed by atoms with Crippen molar-refractivity contribution in [2.24, 2.45) is 0 Å². The summed E-state index contributed by atoms with van der Waals surface area (Å²) >= 11 is 0.